The molecule has 0 spiro atoms. The average molecular weight is 197 g/mol. The van der Waals surface area contributed by atoms with Gasteiger partial charge in [-0.2, -0.15) is 0 Å². The van der Waals surface area contributed by atoms with E-state index in [1.54, 1.807) is 12.1 Å². The second-order valence-electron chi connectivity index (χ2n) is 2.71. The molecule has 4 heteroatoms. The Bertz CT molecular complexity index is 325. The Morgan fingerprint density at radius 3 is 2.64 bits per heavy atom. The van der Waals surface area contributed by atoms with Crippen molar-refractivity contribution in [2.75, 3.05) is 7.11 Å². The predicted octanol–water partition coefficient (Wildman–Crippen LogP) is 1.77. The van der Waals surface area contributed by atoms with Gasteiger partial charge >= 0.3 is 5.97 Å². The Hall–Kier alpha value is -1.58. The van der Waals surface area contributed by atoms with Crippen LogP contribution in [0.4, 0.5) is 4.39 Å². The molecule has 0 radical (unpaired) electrons. The summed E-state index contributed by atoms with van der Waals surface area (Å²) in [7, 11) is 1.25. The van der Waals surface area contributed by atoms with Crippen LogP contribution in [0, 0.1) is 5.82 Å². The molecule has 0 aliphatic carbocycles. The molecule has 0 bridgehead atoms. The molecular formula is C10H11FO3. The lowest BCUT2D eigenvalue weighted by Crippen LogP contribution is -2.25. The largest absolute Gasteiger partial charge is 0.476 e. The van der Waals surface area contributed by atoms with Crippen molar-refractivity contribution in [3.63, 3.8) is 0 Å². The van der Waals surface area contributed by atoms with Crippen LogP contribution in [0.25, 0.3) is 0 Å². The maximum absolute atomic E-state index is 13.0. The van der Waals surface area contributed by atoms with Crippen LogP contribution in [0.5, 0.6) is 5.75 Å². The fraction of sp³-hybridized carbons (Fsp3) is 0.300. The summed E-state index contributed by atoms with van der Waals surface area (Å²) in [4.78, 5) is 11.0. The lowest BCUT2D eigenvalue weighted by atomic mass is 10.3. The van der Waals surface area contributed by atoms with Crippen LogP contribution in [-0.4, -0.2) is 19.2 Å². The van der Waals surface area contributed by atoms with Gasteiger partial charge in [0.05, 0.1) is 7.11 Å². The van der Waals surface area contributed by atoms with Crippen LogP contribution in [0.2, 0.25) is 0 Å². The van der Waals surface area contributed by atoms with Gasteiger partial charge in [-0.15, -0.1) is 0 Å². The number of hydrogen-bond donors (Lipinski definition) is 0. The number of para-hydroxylation sites is 1. The molecular weight excluding hydrogens is 186 g/mol. The minimum atomic E-state index is -0.808. The van der Waals surface area contributed by atoms with Gasteiger partial charge in [-0.25, -0.2) is 9.18 Å². The molecule has 0 unspecified atom stereocenters. The van der Waals surface area contributed by atoms with E-state index in [-0.39, 0.29) is 5.75 Å². The van der Waals surface area contributed by atoms with E-state index in [1.165, 1.54) is 26.2 Å². The van der Waals surface area contributed by atoms with Gasteiger partial charge in [0, 0.05) is 0 Å². The van der Waals surface area contributed by atoms with E-state index in [9.17, 15) is 9.18 Å². The minimum Gasteiger partial charge on any atom is -0.476 e. The number of carbonyl (C=O) groups is 1. The predicted molar refractivity (Wildman–Crippen MR) is 48.5 cm³/mol. The fourth-order valence-corrected chi connectivity index (χ4v) is 0.945. The van der Waals surface area contributed by atoms with Gasteiger partial charge in [0.2, 0.25) is 0 Å². The molecule has 0 aliphatic rings. The number of ether oxygens (including phenoxy) is 2. The molecule has 3 nitrogen and oxygen atoms in total. The highest BCUT2D eigenvalue weighted by Crippen LogP contribution is 2.17. The number of carbonyl (C=O) groups excluding carboxylic acids is 1. The number of halogens is 1. The molecule has 1 aromatic rings. The van der Waals surface area contributed by atoms with Crippen LogP contribution in [-0.2, 0) is 9.53 Å². The molecule has 0 N–H and O–H groups in total. The summed E-state index contributed by atoms with van der Waals surface area (Å²) < 4.78 is 22.5. The standard InChI is InChI=1S/C10H11FO3/c1-7(10(12)13-2)14-9-6-4-3-5-8(9)11/h3-7H,1-2H3/t7-/m1/s1/i11-1. The highest BCUT2D eigenvalue weighted by molar-refractivity contribution is 5.74. The zero-order valence-electron chi connectivity index (χ0n) is 7.99. The maximum Gasteiger partial charge on any atom is 0.346 e. The van der Waals surface area contributed by atoms with Crippen LogP contribution >= 0.6 is 0 Å². The highest BCUT2D eigenvalue weighted by atomic mass is 18.2. The van der Waals surface area contributed by atoms with Crippen LogP contribution < -0.4 is 4.74 Å². The summed E-state index contributed by atoms with van der Waals surface area (Å²) >= 11 is 0. The molecule has 0 saturated heterocycles. The Labute approximate surface area is 81.4 Å². The van der Waals surface area contributed by atoms with E-state index in [0.717, 1.165) is 0 Å². The van der Waals surface area contributed by atoms with Gasteiger partial charge in [0.25, 0.3) is 0 Å². The molecule has 0 aliphatic heterocycles. The third-order valence-electron chi connectivity index (χ3n) is 1.67. The average Bonchev–Trinajstić information content (AvgIpc) is 2.20. The SMILES string of the molecule is COC(=O)[C@@H](C)Oc1ccccc1[18F]. The summed E-state index contributed by atoms with van der Waals surface area (Å²) in [6, 6.07) is 5.89. The van der Waals surface area contributed by atoms with Crippen molar-refractivity contribution < 1.29 is 18.7 Å². The van der Waals surface area contributed by atoms with Crippen molar-refractivity contribution in [3.05, 3.63) is 30.1 Å². The summed E-state index contributed by atoms with van der Waals surface area (Å²) in [5.74, 6) is -0.984. The van der Waals surface area contributed by atoms with Gasteiger partial charge in [-0.05, 0) is 19.1 Å². The van der Waals surface area contributed by atoms with E-state index in [0.29, 0.717) is 0 Å². The summed E-state index contributed by atoms with van der Waals surface area (Å²) in [5, 5.41) is 0. The van der Waals surface area contributed by atoms with Gasteiger partial charge in [0.1, 0.15) is 0 Å². The molecule has 0 fully saturated rings. The van der Waals surface area contributed by atoms with E-state index in [2.05, 4.69) is 4.74 Å². The van der Waals surface area contributed by atoms with Gasteiger partial charge in [-0.3, -0.25) is 0 Å². The minimum absolute atomic E-state index is 0.0467. The first-order chi connectivity index (χ1) is 6.65. The molecule has 1 aromatic carbocycles. The lowest BCUT2D eigenvalue weighted by Gasteiger charge is -2.12. The summed E-state index contributed by atoms with van der Waals surface area (Å²) in [5.41, 5.74) is 0. The second kappa shape index (κ2) is 4.60. The molecule has 0 amide bonds. The number of methoxy groups -OCH3 is 1. The Kier molecular flexibility index (Phi) is 3.45. The molecule has 1 atom stereocenters. The molecule has 76 valence electrons. The van der Waals surface area contributed by atoms with Crippen LogP contribution in [0.1, 0.15) is 6.92 Å². The van der Waals surface area contributed by atoms with Gasteiger partial charge < -0.3 is 9.47 Å². The van der Waals surface area contributed by atoms with Gasteiger partial charge in [0.15, 0.2) is 17.7 Å². The summed E-state index contributed by atoms with van der Waals surface area (Å²) in [6.45, 7) is 1.50. The normalized spacial score (nSPS) is 11.9. The smallest absolute Gasteiger partial charge is 0.346 e. The fourth-order valence-electron chi connectivity index (χ4n) is 0.945. The molecule has 0 saturated carbocycles. The second-order valence-corrected chi connectivity index (χ2v) is 2.71. The first kappa shape index (κ1) is 10.5. The Morgan fingerprint density at radius 1 is 1.43 bits per heavy atom. The quantitative estimate of drug-likeness (QED) is 0.693. The van der Waals surface area contributed by atoms with Crippen molar-refractivity contribution >= 4 is 5.97 Å². The zero-order valence-corrected chi connectivity index (χ0v) is 7.99. The Balaban J connectivity index is 2.69. The Morgan fingerprint density at radius 2 is 2.07 bits per heavy atom. The zero-order chi connectivity index (χ0) is 10.6. The highest BCUT2D eigenvalue weighted by Gasteiger charge is 2.16. The molecule has 0 aromatic heterocycles. The van der Waals surface area contributed by atoms with Crippen molar-refractivity contribution in [3.8, 4) is 5.75 Å². The number of rotatable bonds is 3. The first-order valence-electron chi connectivity index (χ1n) is 4.14. The molecule has 14 heavy (non-hydrogen) atoms. The van der Waals surface area contributed by atoms with Crippen molar-refractivity contribution in [2.45, 2.75) is 13.0 Å². The van der Waals surface area contributed by atoms with Crippen LogP contribution in [0.15, 0.2) is 24.3 Å². The van der Waals surface area contributed by atoms with E-state index in [1.807, 2.05) is 0 Å². The van der Waals surface area contributed by atoms with Crippen molar-refractivity contribution in [1.29, 1.82) is 0 Å². The van der Waals surface area contributed by atoms with Crippen molar-refractivity contribution in [1.82, 2.24) is 0 Å². The lowest BCUT2D eigenvalue weighted by molar-refractivity contribution is -0.148. The molecule has 1 rings (SSSR count). The number of esters is 1. The topological polar surface area (TPSA) is 35.5 Å². The molecule has 0 heterocycles. The third kappa shape index (κ3) is 2.45. The van der Waals surface area contributed by atoms with Crippen molar-refractivity contribution in [2.24, 2.45) is 0 Å². The monoisotopic (exact) mass is 197 g/mol. The summed E-state index contributed by atoms with van der Waals surface area (Å²) in [6.07, 6.45) is -0.808. The maximum atomic E-state index is 13.0. The number of benzene rings is 1. The van der Waals surface area contributed by atoms with Crippen LogP contribution in [0.3, 0.4) is 0 Å². The number of hydrogen-bond acceptors (Lipinski definition) is 3. The van der Waals surface area contributed by atoms with E-state index < -0.39 is 17.9 Å². The van der Waals surface area contributed by atoms with E-state index in [4.69, 9.17) is 4.74 Å². The van der Waals surface area contributed by atoms with Gasteiger partial charge in [-0.1, -0.05) is 12.1 Å². The third-order valence-corrected chi connectivity index (χ3v) is 1.67. The first-order valence-corrected chi connectivity index (χ1v) is 4.14. The van der Waals surface area contributed by atoms with E-state index >= 15 is 0 Å².